The van der Waals surface area contributed by atoms with Gasteiger partial charge in [0.25, 0.3) is 0 Å². The fraction of sp³-hybridized carbons (Fsp3) is 0.250. The summed E-state index contributed by atoms with van der Waals surface area (Å²) in [6.45, 7) is 4.08. The van der Waals surface area contributed by atoms with Crippen LogP contribution in [0.25, 0.3) is 0 Å². The smallest absolute Gasteiger partial charge is 0.193 e. The van der Waals surface area contributed by atoms with Crippen LogP contribution in [-0.2, 0) is 0 Å². The van der Waals surface area contributed by atoms with Crippen molar-refractivity contribution < 1.29 is 4.79 Å². The predicted octanol–water partition coefficient (Wildman–Crippen LogP) is 3.09. The van der Waals surface area contributed by atoms with Crippen LogP contribution in [0.1, 0.15) is 22.8 Å². The first-order chi connectivity index (χ1) is 8.58. The minimum Gasteiger partial charge on any atom is -0.366 e. The van der Waals surface area contributed by atoms with E-state index in [1.165, 1.54) is 5.56 Å². The lowest BCUT2D eigenvalue weighted by Crippen LogP contribution is -2.42. The molecule has 2 aliphatic rings. The Labute approximate surface area is 108 Å². The van der Waals surface area contributed by atoms with Crippen molar-refractivity contribution in [3.05, 3.63) is 59.0 Å². The number of Topliss-reactive ketones (excluding diaryl/α,β-unsaturated/α-hetero) is 1. The summed E-state index contributed by atoms with van der Waals surface area (Å²) >= 11 is 0. The second kappa shape index (κ2) is 3.84. The fourth-order valence-corrected chi connectivity index (χ4v) is 2.69. The number of hydrogen-bond acceptors (Lipinski definition) is 2. The molecular weight excluding hydrogens is 222 g/mol. The van der Waals surface area contributed by atoms with E-state index in [2.05, 4.69) is 30.4 Å². The van der Waals surface area contributed by atoms with Crippen LogP contribution >= 0.6 is 0 Å². The first-order valence-corrected chi connectivity index (χ1v) is 6.19. The molecule has 1 heterocycles. The highest BCUT2D eigenvalue weighted by Crippen LogP contribution is 2.36. The van der Waals surface area contributed by atoms with Gasteiger partial charge in [0.1, 0.15) is 0 Å². The molecule has 1 aliphatic heterocycles. The third-order valence-corrected chi connectivity index (χ3v) is 3.70. The van der Waals surface area contributed by atoms with E-state index in [0.29, 0.717) is 0 Å². The third kappa shape index (κ3) is 1.52. The monoisotopic (exact) mass is 238 g/mol. The molecule has 1 aromatic rings. The summed E-state index contributed by atoms with van der Waals surface area (Å²) in [5.74, 6) is 0.164. The first kappa shape index (κ1) is 11.3. The van der Waals surface area contributed by atoms with Crippen molar-refractivity contribution >= 4 is 11.5 Å². The minimum absolute atomic E-state index is 0.0792. The number of hydrogen-bond donors (Lipinski definition) is 0. The van der Waals surface area contributed by atoms with Gasteiger partial charge in [-0.1, -0.05) is 23.8 Å². The number of likely N-dealkylation sites (N-methyl/N-ethyl adjacent to an activating group) is 1. The van der Waals surface area contributed by atoms with E-state index in [0.717, 1.165) is 22.4 Å². The van der Waals surface area contributed by atoms with Gasteiger partial charge in [-0.25, -0.2) is 0 Å². The van der Waals surface area contributed by atoms with Crippen LogP contribution in [0, 0.1) is 13.3 Å². The number of benzene rings is 1. The SMILES string of the molecule is CC1=C[CH]C2C(=C1)C(=O)c1ccc(C)cc1N2C. The van der Waals surface area contributed by atoms with E-state index in [4.69, 9.17) is 0 Å². The lowest BCUT2D eigenvalue weighted by Gasteiger charge is -2.38. The predicted molar refractivity (Wildman–Crippen MR) is 73.8 cm³/mol. The van der Waals surface area contributed by atoms with Crippen LogP contribution in [0.5, 0.6) is 0 Å². The molecule has 0 spiro atoms. The third-order valence-electron chi connectivity index (χ3n) is 3.70. The second-order valence-electron chi connectivity index (χ2n) is 5.11. The van der Waals surface area contributed by atoms with Crippen molar-refractivity contribution in [3.8, 4) is 0 Å². The Bertz CT molecular complexity index is 595. The minimum atomic E-state index is 0.0792. The Balaban J connectivity index is 2.18. The van der Waals surface area contributed by atoms with Crippen molar-refractivity contribution in [2.45, 2.75) is 19.9 Å². The summed E-state index contributed by atoms with van der Waals surface area (Å²) in [6.07, 6.45) is 6.19. The van der Waals surface area contributed by atoms with Crippen LogP contribution in [0.15, 0.2) is 41.5 Å². The lowest BCUT2D eigenvalue weighted by molar-refractivity contribution is 0.102. The van der Waals surface area contributed by atoms with Crippen LogP contribution in [0.3, 0.4) is 0 Å². The largest absolute Gasteiger partial charge is 0.366 e. The molecule has 0 saturated heterocycles. The maximum Gasteiger partial charge on any atom is 0.193 e. The molecule has 2 heteroatoms. The van der Waals surface area contributed by atoms with Gasteiger partial charge in [0.05, 0.1) is 6.04 Å². The Morgan fingerprint density at radius 3 is 2.78 bits per heavy atom. The Morgan fingerprint density at radius 1 is 1.22 bits per heavy atom. The van der Waals surface area contributed by atoms with Crippen molar-refractivity contribution in [1.29, 1.82) is 0 Å². The van der Waals surface area contributed by atoms with Gasteiger partial charge in [0.15, 0.2) is 5.78 Å². The molecule has 0 saturated carbocycles. The summed E-state index contributed by atoms with van der Waals surface area (Å²) in [4.78, 5) is 14.7. The lowest BCUT2D eigenvalue weighted by atomic mass is 9.84. The molecule has 1 atom stereocenters. The van der Waals surface area contributed by atoms with E-state index in [1.54, 1.807) is 0 Å². The average molecular weight is 238 g/mol. The normalized spacial score (nSPS) is 22.1. The first-order valence-electron chi connectivity index (χ1n) is 6.19. The Hall–Kier alpha value is -1.83. The second-order valence-corrected chi connectivity index (χ2v) is 5.11. The maximum absolute atomic E-state index is 12.5. The molecule has 0 aromatic heterocycles. The summed E-state index contributed by atoms with van der Waals surface area (Å²) in [7, 11) is 2.05. The Morgan fingerprint density at radius 2 is 2.00 bits per heavy atom. The molecule has 91 valence electrons. The van der Waals surface area contributed by atoms with Crippen LogP contribution < -0.4 is 4.90 Å². The van der Waals surface area contributed by atoms with Crippen LogP contribution in [0.4, 0.5) is 5.69 Å². The molecule has 0 bridgehead atoms. The van der Waals surface area contributed by atoms with E-state index in [9.17, 15) is 4.79 Å². The number of nitrogens with zero attached hydrogens (tertiary/aromatic N) is 1. The van der Waals surface area contributed by atoms with E-state index >= 15 is 0 Å². The van der Waals surface area contributed by atoms with Gasteiger partial charge in [-0.2, -0.15) is 0 Å². The number of rotatable bonds is 0. The number of anilines is 1. The van der Waals surface area contributed by atoms with Crippen molar-refractivity contribution in [3.63, 3.8) is 0 Å². The number of carbonyl (C=O) groups is 1. The highest BCUT2D eigenvalue weighted by molar-refractivity contribution is 6.16. The van der Waals surface area contributed by atoms with Gasteiger partial charge < -0.3 is 4.90 Å². The van der Waals surface area contributed by atoms with Crippen LogP contribution in [0.2, 0.25) is 0 Å². The molecule has 1 radical (unpaired) electrons. The van der Waals surface area contributed by atoms with Crippen LogP contribution in [-0.4, -0.2) is 18.9 Å². The van der Waals surface area contributed by atoms with E-state index in [1.807, 2.05) is 32.2 Å². The molecule has 0 fully saturated rings. The van der Waals surface area contributed by atoms with Gasteiger partial charge in [-0.15, -0.1) is 0 Å². The highest BCUT2D eigenvalue weighted by atomic mass is 16.1. The van der Waals surface area contributed by atoms with Crippen molar-refractivity contribution in [2.24, 2.45) is 0 Å². The zero-order valence-corrected chi connectivity index (χ0v) is 10.9. The summed E-state index contributed by atoms with van der Waals surface area (Å²) in [5.41, 5.74) is 5.05. The number of fused-ring (bicyclic) bond motifs is 2. The number of ketones is 1. The number of allylic oxidation sites excluding steroid dienone is 2. The summed E-state index contributed by atoms with van der Waals surface area (Å²) < 4.78 is 0. The van der Waals surface area contributed by atoms with Crippen molar-refractivity contribution in [2.75, 3.05) is 11.9 Å². The highest BCUT2D eigenvalue weighted by Gasteiger charge is 2.34. The zero-order chi connectivity index (χ0) is 12.9. The molecule has 2 nitrogen and oxygen atoms in total. The zero-order valence-electron chi connectivity index (χ0n) is 10.9. The number of carbonyl (C=O) groups excluding carboxylic acids is 1. The van der Waals surface area contributed by atoms with Gasteiger partial charge in [0.2, 0.25) is 0 Å². The topological polar surface area (TPSA) is 20.3 Å². The molecule has 1 aromatic carbocycles. The average Bonchev–Trinajstić information content (AvgIpc) is 2.36. The van der Waals surface area contributed by atoms with Gasteiger partial charge in [-0.3, -0.25) is 4.79 Å². The fourth-order valence-electron chi connectivity index (χ4n) is 2.69. The van der Waals surface area contributed by atoms with E-state index in [-0.39, 0.29) is 11.8 Å². The number of aryl methyl sites for hydroxylation is 1. The summed E-state index contributed by atoms with van der Waals surface area (Å²) in [6, 6.07) is 6.10. The van der Waals surface area contributed by atoms with E-state index < -0.39 is 0 Å². The van der Waals surface area contributed by atoms with Gasteiger partial charge >= 0.3 is 0 Å². The van der Waals surface area contributed by atoms with Crippen molar-refractivity contribution in [1.82, 2.24) is 0 Å². The molecular formula is C16H16NO. The quantitative estimate of drug-likeness (QED) is 0.692. The summed E-state index contributed by atoms with van der Waals surface area (Å²) in [5, 5.41) is 0. The molecule has 0 N–H and O–H groups in total. The molecule has 18 heavy (non-hydrogen) atoms. The Kier molecular flexibility index (Phi) is 2.40. The molecule has 3 rings (SSSR count). The standard InChI is InChI=1S/C16H16NO/c1-10-5-7-14-13(8-10)16(18)12-6-4-11(2)9-15(12)17(14)3/h4-9,14H,1-3H3. The molecule has 1 unspecified atom stereocenters. The van der Waals surface area contributed by atoms with Gasteiger partial charge in [-0.05, 0) is 31.5 Å². The molecule has 1 aliphatic carbocycles. The molecule has 0 amide bonds. The van der Waals surface area contributed by atoms with Gasteiger partial charge in [0, 0.05) is 30.3 Å². The maximum atomic E-state index is 12.5.